The van der Waals surface area contributed by atoms with E-state index in [0.29, 0.717) is 39.1 Å². The second-order valence-electron chi connectivity index (χ2n) is 8.03. The van der Waals surface area contributed by atoms with Gasteiger partial charge in [0.25, 0.3) is 0 Å². The van der Waals surface area contributed by atoms with Gasteiger partial charge in [-0.05, 0) is 50.0 Å². The molecule has 11 heteroatoms. The second-order valence-corrected chi connectivity index (χ2v) is 11.9. The van der Waals surface area contributed by atoms with E-state index < -0.39 is 9.84 Å². The number of ether oxygens (including phenoxy) is 2. The van der Waals surface area contributed by atoms with Crippen LogP contribution >= 0.6 is 22.9 Å². The van der Waals surface area contributed by atoms with Crippen LogP contribution in [-0.2, 0) is 25.9 Å². The van der Waals surface area contributed by atoms with Crippen LogP contribution in [0, 0.1) is 0 Å². The van der Waals surface area contributed by atoms with E-state index in [1.807, 2.05) is 0 Å². The Kier molecular flexibility index (Phi) is 7.66. The highest BCUT2D eigenvalue weighted by Gasteiger charge is 2.30. The molecule has 0 radical (unpaired) electrons. The Morgan fingerprint density at radius 2 is 1.97 bits per heavy atom. The monoisotopic (exact) mass is 488 g/mol. The van der Waals surface area contributed by atoms with Crippen LogP contribution in [0.3, 0.4) is 0 Å². The lowest BCUT2D eigenvalue weighted by molar-refractivity contribution is 0.122. The van der Waals surface area contributed by atoms with Gasteiger partial charge in [0.1, 0.15) is 0 Å². The summed E-state index contributed by atoms with van der Waals surface area (Å²) in [6, 6.07) is 2.09. The van der Waals surface area contributed by atoms with Crippen molar-refractivity contribution in [1.29, 1.82) is 0 Å². The van der Waals surface area contributed by atoms with Gasteiger partial charge in [-0.3, -0.25) is 4.90 Å². The average molecular weight is 489 g/mol. The van der Waals surface area contributed by atoms with Crippen molar-refractivity contribution in [3.8, 4) is 0 Å². The van der Waals surface area contributed by atoms with Crippen LogP contribution in [0.15, 0.2) is 6.07 Å². The molecular formula is C20H29ClN4O4S2. The van der Waals surface area contributed by atoms with E-state index >= 15 is 0 Å². The Hall–Kier alpha value is -1.04. The van der Waals surface area contributed by atoms with Crippen molar-refractivity contribution in [3.63, 3.8) is 0 Å². The number of rotatable bonds is 8. The highest BCUT2D eigenvalue weighted by molar-refractivity contribution is 7.92. The number of aromatic nitrogens is 2. The number of morpholine rings is 1. The predicted molar refractivity (Wildman–Crippen MR) is 124 cm³/mol. The highest BCUT2D eigenvalue weighted by Crippen LogP contribution is 2.34. The Balaban J connectivity index is 1.41. The lowest BCUT2D eigenvalue weighted by Crippen LogP contribution is -2.39. The molecule has 172 valence electrons. The van der Waals surface area contributed by atoms with Crippen molar-refractivity contribution >= 4 is 48.8 Å². The Labute approximate surface area is 192 Å². The van der Waals surface area contributed by atoms with E-state index in [-0.39, 0.29) is 16.3 Å². The zero-order chi connectivity index (χ0) is 21.8. The van der Waals surface area contributed by atoms with Gasteiger partial charge < -0.3 is 14.4 Å². The zero-order valence-corrected chi connectivity index (χ0v) is 20.1. The quantitative estimate of drug-likeness (QED) is 0.414. The van der Waals surface area contributed by atoms with Crippen LogP contribution < -0.4 is 4.90 Å². The van der Waals surface area contributed by atoms with Crippen molar-refractivity contribution in [3.05, 3.63) is 16.2 Å². The maximum Gasteiger partial charge on any atom is 0.224 e. The summed E-state index contributed by atoms with van der Waals surface area (Å²) in [5.41, 5.74) is 0.872. The average Bonchev–Trinajstić information content (AvgIpc) is 3.16. The van der Waals surface area contributed by atoms with Crippen molar-refractivity contribution in [2.24, 2.45) is 0 Å². The lowest BCUT2D eigenvalue weighted by atomic mass is 10.1. The minimum atomic E-state index is -3.05. The maximum absolute atomic E-state index is 12.5. The van der Waals surface area contributed by atoms with E-state index in [9.17, 15) is 8.42 Å². The van der Waals surface area contributed by atoms with Gasteiger partial charge in [0.05, 0.1) is 34.4 Å². The van der Waals surface area contributed by atoms with Crippen LogP contribution in [0.4, 0.5) is 5.82 Å². The molecule has 0 atom stereocenters. The van der Waals surface area contributed by atoms with E-state index in [1.54, 1.807) is 18.4 Å². The van der Waals surface area contributed by atoms with Crippen LogP contribution in [0.2, 0.25) is 5.28 Å². The van der Waals surface area contributed by atoms with Crippen molar-refractivity contribution in [2.75, 3.05) is 63.8 Å². The smallest absolute Gasteiger partial charge is 0.224 e. The van der Waals surface area contributed by atoms with Gasteiger partial charge in [0, 0.05) is 38.2 Å². The van der Waals surface area contributed by atoms with Gasteiger partial charge in [-0.25, -0.2) is 13.4 Å². The predicted octanol–water partition coefficient (Wildman–Crippen LogP) is 2.60. The van der Waals surface area contributed by atoms with Crippen LogP contribution in [-0.4, -0.2) is 87.4 Å². The summed E-state index contributed by atoms with van der Waals surface area (Å²) in [5.74, 6) is 1.10. The first-order valence-corrected chi connectivity index (χ1v) is 13.6. The summed E-state index contributed by atoms with van der Waals surface area (Å²) >= 11 is 7.90. The number of anilines is 1. The molecule has 4 rings (SSSR count). The molecular weight excluding hydrogens is 460 g/mol. The number of nitrogens with zero attached hydrogens (tertiary/aromatic N) is 4. The van der Waals surface area contributed by atoms with Gasteiger partial charge in [0.2, 0.25) is 5.28 Å². The molecule has 0 saturated carbocycles. The molecule has 2 saturated heterocycles. The summed E-state index contributed by atoms with van der Waals surface area (Å²) in [7, 11) is -1.45. The normalized spacial score (nSPS) is 19.4. The molecule has 31 heavy (non-hydrogen) atoms. The first-order chi connectivity index (χ1) is 15.0. The Bertz CT molecular complexity index is 986. The number of halogens is 1. The molecule has 0 amide bonds. The van der Waals surface area contributed by atoms with Gasteiger partial charge >= 0.3 is 0 Å². The van der Waals surface area contributed by atoms with E-state index in [0.717, 1.165) is 48.8 Å². The topological polar surface area (TPSA) is 84.9 Å². The summed E-state index contributed by atoms with van der Waals surface area (Å²) in [6.07, 6.45) is 1.94. The second kappa shape index (κ2) is 10.3. The van der Waals surface area contributed by atoms with E-state index in [2.05, 4.69) is 25.8 Å². The highest BCUT2D eigenvalue weighted by atomic mass is 35.5. The third kappa shape index (κ3) is 5.66. The fraction of sp³-hybridized carbons (Fsp3) is 0.700. The number of sulfone groups is 1. The largest absolute Gasteiger partial charge is 0.385 e. The molecule has 2 fully saturated rings. The molecule has 0 N–H and O–H groups in total. The summed E-state index contributed by atoms with van der Waals surface area (Å²) < 4.78 is 36.6. The van der Waals surface area contributed by atoms with Crippen LogP contribution in [0.5, 0.6) is 0 Å². The molecule has 4 heterocycles. The third-order valence-electron chi connectivity index (χ3n) is 5.89. The number of fused-ring (bicyclic) bond motifs is 1. The molecule has 2 aliphatic rings. The lowest BCUT2D eigenvalue weighted by Gasteiger charge is -2.31. The summed E-state index contributed by atoms with van der Waals surface area (Å²) in [6.45, 7) is 5.80. The number of likely N-dealkylation sites (tertiary alicyclic amines) is 1. The Morgan fingerprint density at radius 1 is 1.23 bits per heavy atom. The first-order valence-electron chi connectivity index (χ1n) is 10.7. The first kappa shape index (κ1) is 23.1. The molecule has 2 aromatic heterocycles. The van der Waals surface area contributed by atoms with Crippen LogP contribution in [0.1, 0.15) is 24.1 Å². The fourth-order valence-electron chi connectivity index (χ4n) is 4.22. The Morgan fingerprint density at radius 3 is 2.68 bits per heavy atom. The molecule has 0 spiro atoms. The van der Waals surface area contributed by atoms with Gasteiger partial charge in [-0.1, -0.05) is 0 Å². The number of hydrogen-bond donors (Lipinski definition) is 0. The zero-order valence-electron chi connectivity index (χ0n) is 17.8. The molecule has 0 unspecified atom stereocenters. The molecule has 0 aromatic carbocycles. The molecule has 8 nitrogen and oxygen atoms in total. The minimum absolute atomic E-state index is 0.214. The SMILES string of the molecule is COCCCS(=O)(=O)C1CCN(Cc2cc3nc(Cl)nc(N4CCOCC4)c3s2)CC1. The molecule has 0 bridgehead atoms. The van der Waals surface area contributed by atoms with E-state index in [1.165, 1.54) is 4.88 Å². The maximum atomic E-state index is 12.5. The summed E-state index contributed by atoms with van der Waals surface area (Å²) in [5, 5.41) is 0.0263. The standard InChI is InChI=1S/C20H29ClN4O4S2/c1-28-9-2-12-31(26,27)16-3-5-24(6-4-16)14-15-13-17-18(30-15)19(23-20(21)22-17)25-7-10-29-11-8-25/h13,16H,2-12,14H2,1H3. The van der Waals surface area contributed by atoms with Crippen molar-refractivity contribution < 1.29 is 17.9 Å². The minimum Gasteiger partial charge on any atom is -0.385 e. The number of thiophene rings is 1. The van der Waals surface area contributed by atoms with Gasteiger partial charge in [0.15, 0.2) is 15.7 Å². The number of piperidine rings is 1. The molecule has 2 aromatic rings. The fourth-order valence-corrected chi connectivity index (χ4v) is 7.33. The van der Waals surface area contributed by atoms with Crippen LogP contribution in [0.25, 0.3) is 10.2 Å². The number of hydrogen-bond acceptors (Lipinski definition) is 9. The van der Waals surface area contributed by atoms with Crippen molar-refractivity contribution in [2.45, 2.75) is 31.1 Å². The van der Waals surface area contributed by atoms with E-state index in [4.69, 9.17) is 21.1 Å². The third-order valence-corrected chi connectivity index (χ3v) is 9.51. The van der Waals surface area contributed by atoms with Gasteiger partial charge in [-0.15, -0.1) is 11.3 Å². The van der Waals surface area contributed by atoms with Crippen molar-refractivity contribution in [1.82, 2.24) is 14.9 Å². The molecule has 0 aliphatic carbocycles. The number of methoxy groups -OCH3 is 1. The summed E-state index contributed by atoms with van der Waals surface area (Å²) in [4.78, 5) is 14.7. The molecule has 2 aliphatic heterocycles. The van der Waals surface area contributed by atoms with Gasteiger partial charge in [-0.2, -0.15) is 4.98 Å².